The number of nitro groups is 1. The molecule has 0 aromatic heterocycles. The van der Waals surface area contributed by atoms with Crippen molar-refractivity contribution in [3.8, 4) is 0 Å². The average Bonchev–Trinajstić information content (AvgIpc) is 3.00. The number of hydrogen-bond donors (Lipinski definition) is 1. The van der Waals surface area contributed by atoms with Crippen molar-refractivity contribution in [3.05, 3.63) is 75.8 Å². The summed E-state index contributed by atoms with van der Waals surface area (Å²) in [6.07, 6.45) is 0.626. The highest BCUT2D eigenvalue weighted by molar-refractivity contribution is 8.15. The van der Waals surface area contributed by atoms with E-state index >= 15 is 0 Å². The highest BCUT2D eigenvalue weighted by Crippen LogP contribution is 2.23. The molecule has 0 bridgehead atoms. The number of thioether (sulfide) groups is 1. The summed E-state index contributed by atoms with van der Waals surface area (Å²) < 4.78 is 0. The maximum Gasteiger partial charge on any atom is 0.269 e. The van der Waals surface area contributed by atoms with Gasteiger partial charge in [0, 0.05) is 12.1 Å². The zero-order valence-electron chi connectivity index (χ0n) is 14.0. The molecule has 26 heavy (non-hydrogen) atoms. The topological polar surface area (TPSA) is 97.0 Å². The van der Waals surface area contributed by atoms with E-state index in [0.717, 1.165) is 11.1 Å². The Labute approximate surface area is 154 Å². The van der Waals surface area contributed by atoms with Gasteiger partial charge in [0.2, 0.25) is 5.91 Å². The fourth-order valence-electron chi connectivity index (χ4n) is 2.42. The van der Waals surface area contributed by atoms with Crippen LogP contribution in [0.5, 0.6) is 0 Å². The standard InChI is InChI=1S/C18H16N4O3S/c1-12(14-7-9-15(10-8-14)22(24)25)20-21-18-19-17(23)16(26-18)11-13-5-3-2-4-6-13/h2-10,16H,11H2,1H3,(H,19,21,23)/b20-12-/t16-/m0/s1. The van der Waals surface area contributed by atoms with Crippen LogP contribution in [0, 0.1) is 10.1 Å². The van der Waals surface area contributed by atoms with Crippen LogP contribution in [0.1, 0.15) is 18.1 Å². The van der Waals surface area contributed by atoms with Crippen LogP contribution in [-0.2, 0) is 11.2 Å². The molecule has 1 atom stereocenters. The number of nitrogens with one attached hydrogen (secondary N) is 1. The maximum absolute atomic E-state index is 12.1. The maximum atomic E-state index is 12.1. The van der Waals surface area contributed by atoms with Crippen LogP contribution in [0.15, 0.2) is 64.8 Å². The van der Waals surface area contributed by atoms with Crippen LogP contribution in [0.3, 0.4) is 0 Å². The van der Waals surface area contributed by atoms with Gasteiger partial charge < -0.3 is 5.32 Å². The summed E-state index contributed by atoms with van der Waals surface area (Å²) in [5, 5.41) is 21.9. The highest BCUT2D eigenvalue weighted by atomic mass is 32.2. The summed E-state index contributed by atoms with van der Waals surface area (Å²) >= 11 is 1.35. The third-order valence-corrected chi connectivity index (χ3v) is 4.90. The van der Waals surface area contributed by atoms with Gasteiger partial charge >= 0.3 is 0 Å². The number of rotatable bonds is 5. The van der Waals surface area contributed by atoms with E-state index in [4.69, 9.17) is 0 Å². The van der Waals surface area contributed by atoms with E-state index in [0.29, 0.717) is 17.3 Å². The van der Waals surface area contributed by atoms with Crippen molar-refractivity contribution in [1.82, 2.24) is 5.32 Å². The molecular formula is C18H16N4O3S. The van der Waals surface area contributed by atoms with E-state index in [1.807, 2.05) is 30.3 Å². The Morgan fingerprint density at radius 2 is 1.88 bits per heavy atom. The highest BCUT2D eigenvalue weighted by Gasteiger charge is 2.30. The minimum atomic E-state index is -0.450. The SMILES string of the molecule is C/C(=N/N=C1\NC(=O)[C@H](Cc2ccccc2)S1)c1ccc([N+](=O)[O-])cc1. The number of carbonyl (C=O) groups excluding carboxylic acids is 1. The molecule has 8 heteroatoms. The van der Waals surface area contributed by atoms with Gasteiger partial charge in [-0.1, -0.05) is 42.1 Å². The number of nitro benzene ring substituents is 1. The average molecular weight is 368 g/mol. The van der Waals surface area contributed by atoms with Gasteiger partial charge in [0.05, 0.1) is 15.9 Å². The number of nitrogens with zero attached hydrogens (tertiary/aromatic N) is 3. The van der Waals surface area contributed by atoms with E-state index in [2.05, 4.69) is 15.5 Å². The van der Waals surface area contributed by atoms with Crippen LogP contribution in [0.2, 0.25) is 0 Å². The summed E-state index contributed by atoms with van der Waals surface area (Å²) in [5.74, 6) is -0.0826. The number of carbonyl (C=O) groups is 1. The van der Waals surface area contributed by atoms with Gasteiger partial charge in [-0.15, -0.1) is 5.10 Å². The number of hydrogen-bond acceptors (Lipinski definition) is 6. The van der Waals surface area contributed by atoms with Crippen molar-refractivity contribution < 1.29 is 9.72 Å². The van der Waals surface area contributed by atoms with E-state index in [1.54, 1.807) is 19.1 Å². The van der Waals surface area contributed by atoms with Gasteiger partial charge in [-0.3, -0.25) is 14.9 Å². The molecule has 0 unspecified atom stereocenters. The van der Waals surface area contributed by atoms with Crippen molar-refractivity contribution >= 4 is 34.2 Å². The Balaban J connectivity index is 1.67. The Morgan fingerprint density at radius 3 is 2.54 bits per heavy atom. The monoisotopic (exact) mass is 368 g/mol. The second kappa shape index (κ2) is 7.92. The fourth-order valence-corrected chi connectivity index (χ4v) is 3.38. The molecule has 0 saturated carbocycles. The van der Waals surface area contributed by atoms with Crippen LogP contribution in [0.25, 0.3) is 0 Å². The van der Waals surface area contributed by atoms with Gasteiger partial charge in [0.15, 0.2) is 5.17 Å². The lowest BCUT2D eigenvalue weighted by Gasteiger charge is -2.04. The molecular weight excluding hydrogens is 352 g/mol. The molecule has 1 amide bonds. The number of non-ortho nitro benzene ring substituents is 1. The van der Waals surface area contributed by atoms with Crippen molar-refractivity contribution in [1.29, 1.82) is 0 Å². The minimum absolute atomic E-state index is 0.0234. The molecule has 7 nitrogen and oxygen atoms in total. The number of benzene rings is 2. The van der Waals surface area contributed by atoms with Crippen molar-refractivity contribution in [2.75, 3.05) is 0 Å². The molecule has 1 heterocycles. The lowest BCUT2D eigenvalue weighted by molar-refractivity contribution is -0.384. The third-order valence-electron chi connectivity index (χ3n) is 3.83. The van der Waals surface area contributed by atoms with Gasteiger partial charge in [0.1, 0.15) is 0 Å². The molecule has 1 aliphatic heterocycles. The van der Waals surface area contributed by atoms with E-state index < -0.39 is 4.92 Å². The predicted octanol–water partition coefficient (Wildman–Crippen LogP) is 3.15. The molecule has 132 valence electrons. The smallest absolute Gasteiger partial charge is 0.269 e. The molecule has 0 aliphatic carbocycles. The van der Waals surface area contributed by atoms with Gasteiger partial charge in [-0.2, -0.15) is 5.10 Å². The second-order valence-corrected chi connectivity index (χ2v) is 6.87. The Hall–Kier alpha value is -3.00. The van der Waals surface area contributed by atoms with Crippen molar-refractivity contribution in [3.63, 3.8) is 0 Å². The lowest BCUT2D eigenvalue weighted by atomic mass is 10.1. The predicted molar refractivity (Wildman–Crippen MR) is 102 cm³/mol. The largest absolute Gasteiger partial charge is 0.303 e. The summed E-state index contributed by atoms with van der Waals surface area (Å²) in [5.41, 5.74) is 2.45. The van der Waals surface area contributed by atoms with Gasteiger partial charge in [0.25, 0.3) is 5.69 Å². The number of amidine groups is 1. The van der Waals surface area contributed by atoms with Crippen molar-refractivity contribution in [2.24, 2.45) is 10.2 Å². The van der Waals surface area contributed by atoms with Crippen LogP contribution >= 0.6 is 11.8 Å². The molecule has 1 saturated heterocycles. The first-order valence-corrected chi connectivity index (χ1v) is 8.79. The Kier molecular flexibility index (Phi) is 5.43. The first-order chi connectivity index (χ1) is 12.5. The minimum Gasteiger partial charge on any atom is -0.303 e. The van der Waals surface area contributed by atoms with E-state index in [9.17, 15) is 14.9 Å². The normalized spacial score (nSPS) is 18.8. The molecule has 0 radical (unpaired) electrons. The zero-order chi connectivity index (χ0) is 18.5. The summed E-state index contributed by atoms with van der Waals surface area (Å²) in [6, 6.07) is 15.9. The molecule has 1 fully saturated rings. The quantitative estimate of drug-likeness (QED) is 0.498. The molecule has 1 N–H and O–H groups in total. The van der Waals surface area contributed by atoms with E-state index in [-0.39, 0.29) is 16.8 Å². The fraction of sp³-hybridized carbons (Fsp3) is 0.167. The van der Waals surface area contributed by atoms with E-state index in [1.165, 1.54) is 23.9 Å². The third kappa shape index (κ3) is 4.34. The van der Waals surface area contributed by atoms with Crippen LogP contribution in [-0.4, -0.2) is 27.0 Å². The Morgan fingerprint density at radius 1 is 1.19 bits per heavy atom. The second-order valence-electron chi connectivity index (χ2n) is 5.68. The zero-order valence-corrected chi connectivity index (χ0v) is 14.8. The molecule has 2 aromatic carbocycles. The van der Waals surface area contributed by atoms with Crippen LogP contribution < -0.4 is 5.32 Å². The lowest BCUT2D eigenvalue weighted by Crippen LogP contribution is -2.25. The first-order valence-electron chi connectivity index (χ1n) is 7.91. The molecule has 3 rings (SSSR count). The van der Waals surface area contributed by atoms with Crippen LogP contribution in [0.4, 0.5) is 5.69 Å². The summed E-state index contributed by atoms with van der Waals surface area (Å²) in [7, 11) is 0. The molecule has 1 aliphatic rings. The Bertz CT molecular complexity index is 879. The van der Waals surface area contributed by atoms with Gasteiger partial charge in [-0.25, -0.2) is 0 Å². The number of amides is 1. The molecule has 2 aromatic rings. The molecule has 0 spiro atoms. The first kappa shape index (κ1) is 17.8. The van der Waals surface area contributed by atoms with Crippen molar-refractivity contribution in [2.45, 2.75) is 18.6 Å². The summed E-state index contributed by atoms with van der Waals surface area (Å²) in [6.45, 7) is 1.76. The van der Waals surface area contributed by atoms with Gasteiger partial charge in [-0.05, 0) is 36.6 Å². The summed E-state index contributed by atoms with van der Waals surface area (Å²) in [4.78, 5) is 22.3.